The van der Waals surface area contributed by atoms with Crippen LogP contribution in [0, 0.1) is 10.5 Å². The Labute approximate surface area is 216 Å². The first-order valence-corrected chi connectivity index (χ1v) is 17.5. The number of benzene rings is 2. The van der Waals surface area contributed by atoms with Gasteiger partial charge < -0.3 is 4.90 Å². The van der Waals surface area contributed by atoms with Crippen LogP contribution in [-0.4, -0.2) is 32.4 Å². The molecular weight excluding hydrogens is 527 g/mol. The van der Waals surface area contributed by atoms with Gasteiger partial charge in [0.05, 0.1) is 6.04 Å². The van der Waals surface area contributed by atoms with E-state index < -0.39 is 19.8 Å². The van der Waals surface area contributed by atoms with Crippen LogP contribution in [0.4, 0.5) is 0 Å². The summed E-state index contributed by atoms with van der Waals surface area (Å²) in [6, 6.07) is 18.2. The largest absolute Gasteiger partial charge is 0.368 e. The van der Waals surface area contributed by atoms with Crippen LogP contribution in [0.2, 0.25) is 0 Å². The summed E-state index contributed by atoms with van der Waals surface area (Å²) in [5, 5.41) is 3.84. The minimum absolute atomic E-state index is 0.444. The van der Waals surface area contributed by atoms with Crippen molar-refractivity contribution in [3.8, 4) is 0 Å². The number of hydrogen-bond acceptors (Lipinski definition) is 2. The Morgan fingerprint density at radius 2 is 1.76 bits per heavy atom. The van der Waals surface area contributed by atoms with Gasteiger partial charge in [-0.15, -0.1) is 0 Å². The summed E-state index contributed by atoms with van der Waals surface area (Å²) in [4.78, 5) is 2.54. The predicted octanol–water partition coefficient (Wildman–Crippen LogP) is 7.68. The average molecular weight is 573 g/mol. The van der Waals surface area contributed by atoms with E-state index in [1.165, 1.54) is 60.1 Å². The summed E-state index contributed by atoms with van der Waals surface area (Å²) in [7, 11) is 0. The number of nitrogens with one attached hydrogen (secondary N) is 1. The van der Waals surface area contributed by atoms with Gasteiger partial charge in [0, 0.05) is 12.2 Å². The van der Waals surface area contributed by atoms with Gasteiger partial charge >= 0.3 is 125 Å². The first-order chi connectivity index (χ1) is 16.4. The molecular formula is C31H45IN2. The van der Waals surface area contributed by atoms with Crippen molar-refractivity contribution in [1.82, 2.24) is 10.2 Å². The fourth-order valence-electron chi connectivity index (χ4n) is 5.50. The Bertz CT molecular complexity index is 946. The molecule has 1 saturated heterocycles. The molecule has 34 heavy (non-hydrogen) atoms. The molecule has 3 heteroatoms. The van der Waals surface area contributed by atoms with Gasteiger partial charge in [0.15, 0.2) is 0 Å². The summed E-state index contributed by atoms with van der Waals surface area (Å²) in [6.45, 7) is 14.8. The third-order valence-corrected chi connectivity index (χ3v) is 12.3. The summed E-state index contributed by atoms with van der Waals surface area (Å²) >= 11 is -0.585. The van der Waals surface area contributed by atoms with Crippen LogP contribution in [0.15, 0.2) is 54.7 Å². The molecule has 0 spiro atoms. The number of aryl methyl sites for hydroxylation is 2. The second kappa shape index (κ2) is 12.1. The van der Waals surface area contributed by atoms with Gasteiger partial charge in [-0.25, -0.2) is 0 Å². The molecule has 1 fully saturated rings. The third-order valence-electron chi connectivity index (χ3n) is 7.62. The van der Waals surface area contributed by atoms with Crippen molar-refractivity contribution in [2.45, 2.75) is 90.8 Å². The number of hydrogen-bond donors (Lipinski definition) is 1. The van der Waals surface area contributed by atoms with E-state index in [1.807, 2.05) is 0 Å². The summed E-state index contributed by atoms with van der Waals surface area (Å²) in [5.41, 5.74) is 7.22. The van der Waals surface area contributed by atoms with Crippen LogP contribution >= 0.6 is 19.8 Å². The SMILES string of the molecule is C=C(CCC[C@H](C)NC(C)CCCc1ccc(I2CC2)cc1)N1CCc2cc(C)ccc2[C@@H]1C. The Kier molecular flexibility index (Phi) is 9.15. The monoisotopic (exact) mass is 572 g/mol. The van der Waals surface area contributed by atoms with Gasteiger partial charge in [-0.3, -0.25) is 0 Å². The average Bonchev–Trinajstić information content (AvgIpc) is 3.65. The van der Waals surface area contributed by atoms with Crippen molar-refractivity contribution < 1.29 is 0 Å². The summed E-state index contributed by atoms with van der Waals surface area (Å²) in [6.07, 6.45) is 8.41. The molecule has 2 aliphatic heterocycles. The molecule has 1 N–H and O–H groups in total. The van der Waals surface area contributed by atoms with E-state index in [9.17, 15) is 0 Å². The minimum atomic E-state index is -0.585. The molecule has 0 saturated carbocycles. The molecule has 2 aromatic carbocycles. The van der Waals surface area contributed by atoms with Crippen molar-refractivity contribution >= 4 is 19.8 Å². The molecule has 0 bridgehead atoms. The van der Waals surface area contributed by atoms with Crippen molar-refractivity contribution in [1.29, 1.82) is 0 Å². The molecule has 2 heterocycles. The molecule has 4 rings (SSSR count). The zero-order chi connectivity index (χ0) is 24.1. The molecule has 0 amide bonds. The Hall–Kier alpha value is -1.33. The fourth-order valence-corrected chi connectivity index (χ4v) is 9.69. The van der Waals surface area contributed by atoms with Crippen LogP contribution in [0.25, 0.3) is 0 Å². The predicted molar refractivity (Wildman–Crippen MR) is 157 cm³/mol. The zero-order valence-electron chi connectivity index (χ0n) is 21.9. The fraction of sp³-hybridized carbons (Fsp3) is 0.548. The first kappa shape index (κ1) is 25.8. The van der Waals surface area contributed by atoms with E-state index in [0.29, 0.717) is 18.1 Å². The summed E-state index contributed by atoms with van der Waals surface area (Å²) < 4.78 is 4.79. The van der Waals surface area contributed by atoms with E-state index in [4.69, 9.17) is 0 Å². The number of rotatable bonds is 12. The maximum absolute atomic E-state index is 4.47. The van der Waals surface area contributed by atoms with Crippen LogP contribution in [-0.2, 0) is 12.8 Å². The number of halogens is 1. The number of allylic oxidation sites excluding steroid dienone is 1. The van der Waals surface area contributed by atoms with Crippen molar-refractivity contribution in [2.75, 3.05) is 15.4 Å². The van der Waals surface area contributed by atoms with Gasteiger partial charge in [-0.1, -0.05) is 30.3 Å². The second-order valence-corrected chi connectivity index (χ2v) is 16.6. The van der Waals surface area contributed by atoms with Gasteiger partial charge in [-0.2, -0.15) is 0 Å². The van der Waals surface area contributed by atoms with E-state index in [2.05, 4.69) is 87.0 Å². The molecule has 3 atom stereocenters. The molecule has 0 aromatic heterocycles. The molecule has 2 nitrogen and oxygen atoms in total. The Morgan fingerprint density at radius 3 is 2.47 bits per heavy atom. The maximum atomic E-state index is 4.47. The maximum Gasteiger partial charge on any atom is 0.0513 e. The van der Waals surface area contributed by atoms with Crippen molar-refractivity contribution in [3.63, 3.8) is 0 Å². The van der Waals surface area contributed by atoms with Gasteiger partial charge in [0.2, 0.25) is 0 Å². The number of alkyl halides is 2. The Balaban J connectivity index is 1.11. The molecule has 0 aliphatic carbocycles. The van der Waals surface area contributed by atoms with E-state index in [0.717, 1.165) is 19.4 Å². The standard InChI is InChI=1S/C31H45IN2/c1-23-12-17-31-27(5)34(21-18-29(31)22-23)26(4)10-6-8-24(2)33-25(3)9-7-11-28-13-15-30(16-14-28)32-19-20-32/h12-17,22,24-25,27,33H,4,6-11,18-21H2,1-3,5H3/t24-,25?,27-/m0/s1. The topological polar surface area (TPSA) is 15.3 Å². The summed E-state index contributed by atoms with van der Waals surface area (Å²) in [5.74, 6) is 0. The quantitative estimate of drug-likeness (QED) is 0.207. The van der Waals surface area contributed by atoms with Gasteiger partial charge in [-0.05, 0) is 37.8 Å². The number of nitrogens with zero attached hydrogens (tertiary/aromatic N) is 1. The van der Waals surface area contributed by atoms with Crippen LogP contribution in [0.1, 0.15) is 81.2 Å². The van der Waals surface area contributed by atoms with E-state index >= 15 is 0 Å². The zero-order valence-corrected chi connectivity index (χ0v) is 24.0. The second-order valence-electron chi connectivity index (χ2n) is 10.6. The molecule has 0 radical (unpaired) electrons. The molecule has 186 valence electrons. The van der Waals surface area contributed by atoms with Crippen LogP contribution in [0.5, 0.6) is 0 Å². The molecule has 2 aromatic rings. The Morgan fingerprint density at radius 1 is 1.06 bits per heavy atom. The number of fused-ring (bicyclic) bond motifs is 1. The van der Waals surface area contributed by atoms with Crippen molar-refractivity contribution in [3.05, 3.63) is 80.6 Å². The van der Waals surface area contributed by atoms with Crippen molar-refractivity contribution in [2.24, 2.45) is 0 Å². The third kappa shape index (κ3) is 7.10. The van der Waals surface area contributed by atoms with Gasteiger partial charge in [0.1, 0.15) is 0 Å². The van der Waals surface area contributed by atoms with Crippen LogP contribution in [0.3, 0.4) is 0 Å². The van der Waals surface area contributed by atoms with Crippen LogP contribution < -0.4 is 5.32 Å². The first-order valence-electron chi connectivity index (χ1n) is 13.4. The molecule has 2 aliphatic rings. The minimum Gasteiger partial charge on any atom is -0.368 e. The normalized spacial score (nSPS) is 20.1. The van der Waals surface area contributed by atoms with Gasteiger partial charge in [0.25, 0.3) is 0 Å². The van der Waals surface area contributed by atoms with E-state index in [-0.39, 0.29) is 0 Å². The molecule has 1 unspecified atom stereocenters. The smallest absolute Gasteiger partial charge is 0.0513 e. The van der Waals surface area contributed by atoms with E-state index in [1.54, 1.807) is 12.4 Å².